The van der Waals surface area contributed by atoms with Crippen LogP contribution in [-0.2, 0) is 4.74 Å². The molecule has 1 fully saturated rings. The van der Waals surface area contributed by atoms with Crippen LogP contribution in [0, 0.1) is 0 Å². The van der Waals surface area contributed by atoms with Crippen LogP contribution in [0.3, 0.4) is 0 Å². The summed E-state index contributed by atoms with van der Waals surface area (Å²) in [5.74, 6) is 0. The van der Waals surface area contributed by atoms with Gasteiger partial charge in [0.2, 0.25) is 0 Å². The summed E-state index contributed by atoms with van der Waals surface area (Å²) in [6.45, 7) is 3.90. The van der Waals surface area contributed by atoms with Crippen LogP contribution in [0.15, 0.2) is 24.3 Å². The molecule has 1 heterocycles. The van der Waals surface area contributed by atoms with Gasteiger partial charge in [0.05, 0.1) is 6.10 Å². The molecule has 1 saturated heterocycles. The second-order valence-electron chi connectivity index (χ2n) is 4.22. The van der Waals surface area contributed by atoms with Crippen molar-refractivity contribution in [1.82, 2.24) is 5.32 Å². The molecular weight excluding hydrogens is 222 g/mol. The summed E-state index contributed by atoms with van der Waals surface area (Å²) in [5, 5.41) is 4.31. The number of nitrogens with one attached hydrogen (secondary N) is 1. The number of hydrogen-bond acceptors (Lipinski definition) is 2. The Balaban J connectivity index is 2.04. The van der Waals surface area contributed by atoms with Gasteiger partial charge in [0.25, 0.3) is 0 Å². The molecule has 1 aliphatic rings. The van der Waals surface area contributed by atoms with E-state index in [4.69, 9.17) is 16.3 Å². The number of rotatable bonds is 2. The van der Waals surface area contributed by atoms with E-state index in [0.29, 0.717) is 6.04 Å². The molecule has 2 atom stereocenters. The normalized spacial score (nSPS) is 26.4. The maximum absolute atomic E-state index is 5.98. The van der Waals surface area contributed by atoms with Gasteiger partial charge in [0, 0.05) is 24.2 Å². The van der Waals surface area contributed by atoms with Crippen molar-refractivity contribution in [2.75, 3.05) is 13.2 Å². The Morgan fingerprint density at radius 3 is 3.12 bits per heavy atom. The van der Waals surface area contributed by atoms with Crippen molar-refractivity contribution in [3.8, 4) is 0 Å². The monoisotopic (exact) mass is 239 g/mol. The van der Waals surface area contributed by atoms with Crippen LogP contribution < -0.4 is 5.32 Å². The van der Waals surface area contributed by atoms with Crippen LogP contribution in [0.1, 0.15) is 31.4 Å². The van der Waals surface area contributed by atoms with E-state index in [1.54, 1.807) is 0 Å². The molecule has 0 amide bonds. The quantitative estimate of drug-likeness (QED) is 0.856. The Morgan fingerprint density at radius 1 is 1.50 bits per heavy atom. The summed E-state index contributed by atoms with van der Waals surface area (Å²) in [7, 11) is 0. The SMILES string of the molecule is CCC1CCOC(c2cccc(Cl)c2)CN1. The Kier molecular flexibility index (Phi) is 4.22. The molecule has 0 aliphatic carbocycles. The second-order valence-corrected chi connectivity index (χ2v) is 4.65. The summed E-state index contributed by atoms with van der Waals surface area (Å²) < 4.78 is 5.85. The molecule has 1 N–H and O–H groups in total. The zero-order valence-electron chi connectivity index (χ0n) is 9.58. The van der Waals surface area contributed by atoms with E-state index in [9.17, 15) is 0 Å². The molecule has 88 valence electrons. The smallest absolute Gasteiger partial charge is 0.0949 e. The minimum Gasteiger partial charge on any atom is -0.372 e. The first-order valence-corrected chi connectivity index (χ1v) is 6.28. The zero-order chi connectivity index (χ0) is 11.4. The van der Waals surface area contributed by atoms with E-state index in [2.05, 4.69) is 18.3 Å². The van der Waals surface area contributed by atoms with E-state index in [1.165, 1.54) is 0 Å². The first-order valence-electron chi connectivity index (χ1n) is 5.90. The molecule has 2 rings (SSSR count). The Hall–Kier alpha value is -0.570. The van der Waals surface area contributed by atoms with E-state index >= 15 is 0 Å². The van der Waals surface area contributed by atoms with Crippen molar-refractivity contribution in [1.29, 1.82) is 0 Å². The van der Waals surface area contributed by atoms with Gasteiger partial charge in [-0.25, -0.2) is 0 Å². The minimum absolute atomic E-state index is 0.134. The van der Waals surface area contributed by atoms with E-state index in [1.807, 2.05) is 18.2 Å². The average Bonchev–Trinajstić information content (AvgIpc) is 2.54. The van der Waals surface area contributed by atoms with Gasteiger partial charge < -0.3 is 10.1 Å². The summed E-state index contributed by atoms with van der Waals surface area (Å²) in [5.41, 5.74) is 1.16. The maximum Gasteiger partial charge on any atom is 0.0949 e. The molecule has 0 aromatic heterocycles. The molecule has 0 radical (unpaired) electrons. The number of benzene rings is 1. The van der Waals surface area contributed by atoms with Crippen LogP contribution >= 0.6 is 11.6 Å². The van der Waals surface area contributed by atoms with E-state index in [0.717, 1.165) is 36.6 Å². The van der Waals surface area contributed by atoms with Gasteiger partial charge in [-0.05, 0) is 30.5 Å². The standard InChI is InChI=1S/C13H18ClNO/c1-2-12-6-7-16-13(9-15-12)10-4-3-5-11(14)8-10/h3-5,8,12-13,15H,2,6-7,9H2,1H3. The molecule has 1 aliphatic heterocycles. The molecule has 16 heavy (non-hydrogen) atoms. The molecule has 0 spiro atoms. The number of hydrogen-bond donors (Lipinski definition) is 1. The van der Waals surface area contributed by atoms with Gasteiger partial charge in [-0.2, -0.15) is 0 Å². The Morgan fingerprint density at radius 2 is 2.38 bits per heavy atom. The summed E-state index contributed by atoms with van der Waals surface area (Å²) in [4.78, 5) is 0. The fourth-order valence-corrected chi connectivity index (χ4v) is 2.26. The van der Waals surface area contributed by atoms with Crippen LogP contribution in [0.25, 0.3) is 0 Å². The lowest BCUT2D eigenvalue weighted by Gasteiger charge is -2.16. The first kappa shape index (κ1) is 11.9. The second kappa shape index (κ2) is 5.67. The van der Waals surface area contributed by atoms with Crippen molar-refractivity contribution in [3.63, 3.8) is 0 Å². The highest BCUT2D eigenvalue weighted by atomic mass is 35.5. The Labute approximate surface area is 102 Å². The fourth-order valence-electron chi connectivity index (χ4n) is 2.06. The van der Waals surface area contributed by atoms with Crippen LogP contribution in [-0.4, -0.2) is 19.2 Å². The highest BCUT2D eigenvalue weighted by molar-refractivity contribution is 6.30. The molecule has 0 bridgehead atoms. The highest BCUT2D eigenvalue weighted by Gasteiger charge is 2.18. The predicted octanol–water partition coefficient (Wildman–Crippen LogP) is 3.17. The lowest BCUT2D eigenvalue weighted by atomic mass is 10.1. The van der Waals surface area contributed by atoms with Gasteiger partial charge in [0.1, 0.15) is 0 Å². The zero-order valence-corrected chi connectivity index (χ0v) is 10.3. The highest BCUT2D eigenvalue weighted by Crippen LogP contribution is 2.22. The van der Waals surface area contributed by atoms with Gasteiger partial charge in [-0.3, -0.25) is 0 Å². The van der Waals surface area contributed by atoms with Crippen molar-refractivity contribution in [2.45, 2.75) is 31.9 Å². The average molecular weight is 240 g/mol. The van der Waals surface area contributed by atoms with Gasteiger partial charge >= 0.3 is 0 Å². The van der Waals surface area contributed by atoms with Crippen molar-refractivity contribution in [2.24, 2.45) is 0 Å². The van der Waals surface area contributed by atoms with Gasteiger partial charge in [-0.1, -0.05) is 30.7 Å². The van der Waals surface area contributed by atoms with E-state index < -0.39 is 0 Å². The predicted molar refractivity (Wildman–Crippen MR) is 66.8 cm³/mol. The third-order valence-corrected chi connectivity index (χ3v) is 3.33. The lowest BCUT2D eigenvalue weighted by molar-refractivity contribution is 0.0663. The molecule has 0 saturated carbocycles. The molecule has 1 aromatic carbocycles. The number of ether oxygens (including phenoxy) is 1. The first-order chi connectivity index (χ1) is 7.79. The maximum atomic E-state index is 5.98. The van der Waals surface area contributed by atoms with Gasteiger partial charge in [-0.15, -0.1) is 0 Å². The molecule has 2 nitrogen and oxygen atoms in total. The summed E-state index contributed by atoms with van der Waals surface area (Å²) in [6.07, 6.45) is 2.38. The van der Waals surface area contributed by atoms with Crippen LogP contribution in [0.5, 0.6) is 0 Å². The van der Waals surface area contributed by atoms with Gasteiger partial charge in [0.15, 0.2) is 0 Å². The number of halogens is 1. The third kappa shape index (κ3) is 2.97. The third-order valence-electron chi connectivity index (χ3n) is 3.09. The van der Waals surface area contributed by atoms with Crippen molar-refractivity contribution < 1.29 is 4.74 Å². The Bertz CT molecular complexity index is 342. The van der Waals surface area contributed by atoms with Crippen LogP contribution in [0.2, 0.25) is 5.02 Å². The fraction of sp³-hybridized carbons (Fsp3) is 0.538. The molecule has 1 aromatic rings. The largest absolute Gasteiger partial charge is 0.372 e. The molecular formula is C13H18ClNO. The lowest BCUT2D eigenvalue weighted by Crippen LogP contribution is -2.29. The topological polar surface area (TPSA) is 21.3 Å². The summed E-state index contributed by atoms with van der Waals surface area (Å²) >= 11 is 5.98. The summed E-state index contributed by atoms with van der Waals surface area (Å²) in [6, 6.07) is 8.52. The van der Waals surface area contributed by atoms with Crippen molar-refractivity contribution >= 4 is 11.6 Å². The van der Waals surface area contributed by atoms with Crippen LogP contribution in [0.4, 0.5) is 0 Å². The van der Waals surface area contributed by atoms with E-state index in [-0.39, 0.29) is 6.10 Å². The minimum atomic E-state index is 0.134. The van der Waals surface area contributed by atoms with Crippen molar-refractivity contribution in [3.05, 3.63) is 34.9 Å². The molecule has 3 heteroatoms. The molecule has 2 unspecified atom stereocenters.